The number of hydrogen-bond acceptors (Lipinski definition) is 6. The van der Waals surface area contributed by atoms with Crippen molar-refractivity contribution in [1.82, 2.24) is 5.32 Å². The second-order valence-corrected chi connectivity index (χ2v) is 4.74. The van der Waals surface area contributed by atoms with Crippen LogP contribution in [-0.2, 0) is 9.59 Å². The summed E-state index contributed by atoms with van der Waals surface area (Å²) in [6, 6.07) is 0. The van der Waals surface area contributed by atoms with Crippen molar-refractivity contribution in [3.63, 3.8) is 0 Å². The average Bonchev–Trinajstić information content (AvgIpc) is 2.49. The van der Waals surface area contributed by atoms with Crippen LogP contribution in [0.15, 0.2) is 5.11 Å². The van der Waals surface area contributed by atoms with Gasteiger partial charge in [0.05, 0.1) is 18.6 Å². The van der Waals surface area contributed by atoms with E-state index in [0.717, 1.165) is 11.8 Å². The molecule has 2 atom stereocenters. The fraction of sp³-hybridized carbons (Fsp3) is 0.818. The van der Waals surface area contributed by atoms with Crippen LogP contribution < -0.4 is 11.1 Å². The fourth-order valence-electron chi connectivity index (χ4n) is 1.03. The van der Waals surface area contributed by atoms with Gasteiger partial charge in [-0.05, 0) is 12.6 Å². The summed E-state index contributed by atoms with van der Waals surface area (Å²) >= 11 is 1.05. The average molecular weight is 305 g/mol. The lowest BCUT2D eigenvalue weighted by molar-refractivity contribution is -0.120. The number of carbonyl (C=O) groups excluding carboxylic acids is 2. The zero-order valence-corrected chi connectivity index (χ0v) is 12.9. The Kier molecular flexibility index (Phi) is 14.9. The normalized spacial score (nSPS) is 12.2. The Morgan fingerprint density at radius 2 is 2.10 bits per heavy atom. The molecule has 0 aromatic carbocycles. The highest BCUT2D eigenvalue weighted by atomic mass is 32.2. The van der Waals surface area contributed by atoms with Gasteiger partial charge in [0.25, 0.3) is 0 Å². The number of hydrogen-bond donors (Lipinski definition) is 3. The Bertz CT molecular complexity index is 334. The van der Waals surface area contributed by atoms with Crippen molar-refractivity contribution in [3.05, 3.63) is 10.4 Å². The first-order valence-corrected chi connectivity index (χ1v) is 7.21. The lowest BCUT2D eigenvalue weighted by atomic mass is 10.1. The third kappa shape index (κ3) is 10.6. The second kappa shape index (κ2) is 14.1. The molecule has 0 saturated heterocycles. The van der Waals surface area contributed by atoms with Crippen LogP contribution in [0, 0.1) is 5.92 Å². The molecule has 4 N–H and O–H groups in total. The van der Waals surface area contributed by atoms with E-state index in [1.54, 1.807) is 13.8 Å². The summed E-state index contributed by atoms with van der Waals surface area (Å²) in [5.74, 6) is -0.190. The lowest BCUT2D eigenvalue weighted by Gasteiger charge is -2.14. The maximum Gasteiger partial charge on any atom is 0.219 e. The summed E-state index contributed by atoms with van der Waals surface area (Å²) in [5.41, 5.74) is 12.6. The van der Waals surface area contributed by atoms with Gasteiger partial charge in [-0.15, -0.1) is 0 Å². The van der Waals surface area contributed by atoms with Crippen LogP contribution >= 0.6 is 11.8 Å². The molecule has 116 valence electrons. The number of nitrogens with two attached hydrogens (primary N) is 1. The molecule has 0 aromatic rings. The zero-order chi connectivity index (χ0) is 16.0. The maximum absolute atomic E-state index is 11.6. The number of thioether (sulfide) groups is 1. The molecule has 0 spiro atoms. The van der Waals surface area contributed by atoms with E-state index < -0.39 is 12.0 Å². The summed E-state index contributed by atoms with van der Waals surface area (Å²) in [5, 5.41) is 15.2. The van der Waals surface area contributed by atoms with E-state index in [4.69, 9.17) is 5.53 Å². The Balaban J connectivity index is 0. The monoisotopic (exact) mass is 305 g/mol. The largest absolute Gasteiger partial charge is 0.392 e. The van der Waals surface area contributed by atoms with Gasteiger partial charge in [-0.1, -0.05) is 30.7 Å². The summed E-state index contributed by atoms with van der Waals surface area (Å²) in [6.07, 6.45) is -0.550. The number of aliphatic hydroxyl groups excluding tert-OH is 1. The second-order valence-electron chi connectivity index (χ2n) is 3.64. The minimum atomic E-state index is -0.967. The predicted octanol–water partition coefficient (Wildman–Crippen LogP) is 0.655. The first kappa shape index (κ1) is 21.0. The number of carbonyl (C=O) groups is 2. The van der Waals surface area contributed by atoms with E-state index >= 15 is 0 Å². The van der Waals surface area contributed by atoms with E-state index in [-0.39, 0.29) is 17.6 Å². The van der Waals surface area contributed by atoms with Crippen LogP contribution in [0.2, 0.25) is 0 Å². The molecule has 0 aliphatic carbocycles. The molecule has 1 amide bonds. The highest BCUT2D eigenvalue weighted by molar-refractivity contribution is 8.13. The van der Waals surface area contributed by atoms with Gasteiger partial charge in [0.1, 0.15) is 0 Å². The number of nitrogens with one attached hydrogen (secondary N) is 1. The molecule has 0 unspecified atom stereocenters. The van der Waals surface area contributed by atoms with E-state index in [1.807, 2.05) is 0 Å². The number of nitrogens with zero attached hydrogens (tertiary/aromatic N) is 3. The van der Waals surface area contributed by atoms with Crippen molar-refractivity contribution in [3.8, 4) is 0 Å². The molecule has 0 aliphatic heterocycles. The Hall–Kier alpha value is -1.28. The minimum Gasteiger partial charge on any atom is -0.392 e. The highest BCUT2D eigenvalue weighted by Crippen LogP contribution is 2.14. The number of azide groups is 1. The number of aliphatic hydroxyl groups is 1. The molecule has 0 aliphatic rings. The standard InChI is InChI=1S/C10H18N4O3S.CH5N/c1-3-9(16)12-4-5-18-10(17)7(2)8(15)6-13-14-11;1-2/h7-8,15H,3-6H2,1-2H3,(H,12,16);2H2,1H3/t7-,8+;/m0./s1. The quantitative estimate of drug-likeness (QED) is 0.261. The summed E-state index contributed by atoms with van der Waals surface area (Å²) in [7, 11) is 1.50. The van der Waals surface area contributed by atoms with Crippen LogP contribution in [0.25, 0.3) is 10.4 Å². The molecule has 0 fully saturated rings. The van der Waals surface area contributed by atoms with E-state index in [1.165, 1.54) is 7.05 Å². The van der Waals surface area contributed by atoms with Gasteiger partial charge in [-0.2, -0.15) is 0 Å². The van der Waals surface area contributed by atoms with E-state index in [9.17, 15) is 14.7 Å². The van der Waals surface area contributed by atoms with Gasteiger partial charge < -0.3 is 16.2 Å². The predicted molar refractivity (Wildman–Crippen MR) is 80.1 cm³/mol. The van der Waals surface area contributed by atoms with Crippen molar-refractivity contribution < 1.29 is 14.7 Å². The summed E-state index contributed by atoms with van der Waals surface area (Å²) in [4.78, 5) is 25.1. The molecule has 0 bridgehead atoms. The summed E-state index contributed by atoms with van der Waals surface area (Å²) < 4.78 is 0. The third-order valence-corrected chi connectivity index (χ3v) is 3.34. The Labute approximate surface area is 123 Å². The zero-order valence-electron chi connectivity index (χ0n) is 12.1. The lowest BCUT2D eigenvalue weighted by Crippen LogP contribution is -2.28. The van der Waals surface area contributed by atoms with Crippen LogP contribution in [0.3, 0.4) is 0 Å². The number of rotatable bonds is 8. The molecule has 0 heterocycles. The maximum atomic E-state index is 11.6. The topological polar surface area (TPSA) is 141 Å². The van der Waals surface area contributed by atoms with Crippen molar-refractivity contribution in [2.45, 2.75) is 26.4 Å². The van der Waals surface area contributed by atoms with E-state index in [2.05, 4.69) is 21.1 Å². The van der Waals surface area contributed by atoms with Gasteiger partial charge in [0, 0.05) is 23.6 Å². The molecular weight excluding hydrogens is 282 g/mol. The molecule has 0 aromatic heterocycles. The Morgan fingerprint density at radius 3 is 2.60 bits per heavy atom. The smallest absolute Gasteiger partial charge is 0.219 e. The SMILES string of the molecule is CCC(=O)NCCSC(=O)[C@@H](C)[C@H](O)CN=[N+]=[N-].CN. The molecule has 20 heavy (non-hydrogen) atoms. The molecule has 8 nitrogen and oxygen atoms in total. The van der Waals surface area contributed by atoms with Crippen molar-refractivity contribution in [1.29, 1.82) is 0 Å². The van der Waals surface area contributed by atoms with Crippen LogP contribution in [0.1, 0.15) is 20.3 Å². The van der Waals surface area contributed by atoms with Gasteiger partial charge in [0.15, 0.2) is 5.12 Å². The van der Waals surface area contributed by atoms with Crippen LogP contribution in [-0.4, -0.2) is 48.1 Å². The van der Waals surface area contributed by atoms with Crippen molar-refractivity contribution in [2.24, 2.45) is 16.8 Å². The molecule has 0 radical (unpaired) electrons. The third-order valence-electron chi connectivity index (χ3n) is 2.27. The first-order valence-electron chi connectivity index (χ1n) is 6.22. The molecular formula is C11H23N5O3S. The minimum absolute atomic E-state index is 0.0560. The molecule has 0 saturated carbocycles. The van der Waals surface area contributed by atoms with E-state index in [0.29, 0.717) is 18.7 Å². The van der Waals surface area contributed by atoms with Crippen LogP contribution in [0.4, 0.5) is 0 Å². The van der Waals surface area contributed by atoms with Crippen LogP contribution in [0.5, 0.6) is 0 Å². The molecule has 0 rings (SSSR count). The number of amides is 1. The summed E-state index contributed by atoms with van der Waals surface area (Å²) in [6.45, 7) is 3.64. The van der Waals surface area contributed by atoms with Crippen molar-refractivity contribution >= 4 is 22.8 Å². The fourth-order valence-corrected chi connectivity index (χ4v) is 1.86. The first-order chi connectivity index (χ1) is 9.52. The van der Waals surface area contributed by atoms with Gasteiger partial charge in [-0.3, -0.25) is 9.59 Å². The van der Waals surface area contributed by atoms with Gasteiger partial charge in [-0.25, -0.2) is 0 Å². The highest BCUT2D eigenvalue weighted by Gasteiger charge is 2.21. The molecule has 9 heteroatoms. The Morgan fingerprint density at radius 1 is 1.50 bits per heavy atom. The van der Waals surface area contributed by atoms with Gasteiger partial charge >= 0.3 is 0 Å². The van der Waals surface area contributed by atoms with Crippen molar-refractivity contribution in [2.75, 3.05) is 25.9 Å². The van der Waals surface area contributed by atoms with Gasteiger partial charge in [0.2, 0.25) is 5.91 Å².